The summed E-state index contributed by atoms with van der Waals surface area (Å²) < 4.78 is 0. The summed E-state index contributed by atoms with van der Waals surface area (Å²) in [5, 5.41) is 3.39. The molecular weight excluding hydrogens is 331 g/mol. The van der Waals surface area contributed by atoms with Gasteiger partial charge in [-0.2, -0.15) is 0 Å². The molecular formula is C14H18Cl2N2O2S. The molecule has 0 radical (unpaired) electrons. The van der Waals surface area contributed by atoms with Crippen molar-refractivity contribution in [2.24, 2.45) is 5.92 Å². The van der Waals surface area contributed by atoms with Crippen molar-refractivity contribution in [2.45, 2.75) is 11.8 Å². The van der Waals surface area contributed by atoms with Crippen molar-refractivity contribution in [3.8, 4) is 0 Å². The summed E-state index contributed by atoms with van der Waals surface area (Å²) in [4.78, 5) is 26.2. The third kappa shape index (κ3) is 4.53. The number of hydrogen-bond acceptors (Lipinski definition) is 3. The zero-order valence-electron chi connectivity index (χ0n) is 12.4. The number of carbonyl (C=O) groups excluding carboxylic acids is 2. The first kappa shape index (κ1) is 18.1. The zero-order valence-corrected chi connectivity index (χ0v) is 14.7. The molecule has 21 heavy (non-hydrogen) atoms. The molecule has 0 spiro atoms. The first-order valence-electron chi connectivity index (χ1n) is 6.31. The van der Waals surface area contributed by atoms with Crippen LogP contribution in [0, 0.1) is 5.92 Å². The molecule has 0 aromatic heterocycles. The summed E-state index contributed by atoms with van der Waals surface area (Å²) in [6.07, 6.45) is 1.88. The largest absolute Gasteiger partial charge is 0.359 e. The van der Waals surface area contributed by atoms with Gasteiger partial charge in [-0.05, 0) is 18.4 Å². The minimum atomic E-state index is -0.296. The van der Waals surface area contributed by atoms with Gasteiger partial charge in [0.1, 0.15) is 0 Å². The van der Waals surface area contributed by atoms with Gasteiger partial charge in [0.2, 0.25) is 5.91 Å². The number of thioether (sulfide) groups is 1. The molecule has 1 atom stereocenters. The average Bonchev–Trinajstić information content (AvgIpc) is 2.45. The second-order valence-electron chi connectivity index (χ2n) is 4.67. The maximum atomic E-state index is 12.4. The van der Waals surface area contributed by atoms with Gasteiger partial charge in [-0.3, -0.25) is 9.59 Å². The summed E-state index contributed by atoms with van der Waals surface area (Å²) >= 11 is 13.6. The number of carbonyl (C=O) groups is 2. The topological polar surface area (TPSA) is 49.4 Å². The van der Waals surface area contributed by atoms with Crippen LogP contribution in [0.1, 0.15) is 17.3 Å². The van der Waals surface area contributed by atoms with Gasteiger partial charge >= 0.3 is 0 Å². The van der Waals surface area contributed by atoms with Gasteiger partial charge in [-0.25, -0.2) is 0 Å². The molecule has 0 unspecified atom stereocenters. The Morgan fingerprint density at radius 3 is 2.48 bits per heavy atom. The van der Waals surface area contributed by atoms with Gasteiger partial charge in [-0.1, -0.05) is 30.1 Å². The number of hydrogen-bond donors (Lipinski definition) is 1. The first-order chi connectivity index (χ1) is 9.81. The van der Waals surface area contributed by atoms with Crippen LogP contribution < -0.4 is 5.32 Å². The molecule has 1 rings (SSSR count). The third-order valence-corrected chi connectivity index (χ3v) is 4.58. The van der Waals surface area contributed by atoms with Gasteiger partial charge in [0.05, 0.1) is 21.5 Å². The van der Waals surface area contributed by atoms with E-state index in [1.165, 1.54) is 16.7 Å². The Hall–Kier alpha value is -0.910. The third-order valence-electron chi connectivity index (χ3n) is 3.06. The monoisotopic (exact) mass is 348 g/mol. The normalized spacial score (nSPS) is 11.9. The fourth-order valence-electron chi connectivity index (χ4n) is 1.88. The Kier molecular flexibility index (Phi) is 6.84. The number of rotatable bonds is 5. The minimum absolute atomic E-state index is 0.110. The smallest absolute Gasteiger partial charge is 0.255 e. The lowest BCUT2D eigenvalue weighted by molar-refractivity contribution is -0.124. The number of nitrogens with one attached hydrogen (secondary N) is 1. The summed E-state index contributed by atoms with van der Waals surface area (Å²) in [6.45, 7) is 2.07. The van der Waals surface area contributed by atoms with E-state index in [0.717, 1.165) is 4.90 Å². The van der Waals surface area contributed by atoms with E-state index in [0.29, 0.717) is 22.2 Å². The molecule has 0 bridgehead atoms. The molecule has 1 aromatic rings. The van der Waals surface area contributed by atoms with Crippen molar-refractivity contribution in [1.82, 2.24) is 10.2 Å². The fraction of sp³-hybridized carbons (Fsp3) is 0.429. The molecule has 0 saturated carbocycles. The lowest BCUT2D eigenvalue weighted by Gasteiger charge is -2.21. The zero-order chi connectivity index (χ0) is 16.2. The standard InChI is InChI=1S/C14H18Cl2N2O2S/c1-8(13(19)17-2)7-18(3)14(20)9-5-12(21-4)11(16)6-10(9)15/h5-6,8H,7H2,1-4H3,(H,17,19)/t8-/m0/s1. The van der Waals surface area contributed by atoms with Crippen LogP contribution in [0.2, 0.25) is 10.0 Å². The van der Waals surface area contributed by atoms with Gasteiger partial charge in [0.15, 0.2) is 0 Å². The van der Waals surface area contributed by atoms with Crippen LogP contribution in [0.25, 0.3) is 0 Å². The molecule has 7 heteroatoms. The van der Waals surface area contributed by atoms with E-state index in [2.05, 4.69) is 5.32 Å². The fourth-order valence-corrected chi connectivity index (χ4v) is 3.06. The van der Waals surface area contributed by atoms with Crippen LogP contribution in [-0.2, 0) is 4.79 Å². The van der Waals surface area contributed by atoms with Crippen LogP contribution in [0.5, 0.6) is 0 Å². The molecule has 0 aliphatic rings. The summed E-state index contributed by atoms with van der Waals surface area (Å²) in [5.41, 5.74) is 0.386. The van der Waals surface area contributed by atoms with E-state index < -0.39 is 0 Å². The molecule has 4 nitrogen and oxygen atoms in total. The van der Waals surface area contributed by atoms with Crippen molar-refractivity contribution < 1.29 is 9.59 Å². The number of nitrogens with zero attached hydrogens (tertiary/aromatic N) is 1. The number of benzene rings is 1. The predicted octanol–water partition coefficient (Wildman–Crippen LogP) is 3.17. The molecule has 1 aromatic carbocycles. The quantitative estimate of drug-likeness (QED) is 0.831. The molecule has 116 valence electrons. The average molecular weight is 349 g/mol. The van der Waals surface area contributed by atoms with E-state index in [4.69, 9.17) is 23.2 Å². The summed E-state index contributed by atoms with van der Waals surface area (Å²) in [5.74, 6) is -0.639. The maximum Gasteiger partial charge on any atom is 0.255 e. The molecule has 0 fully saturated rings. The van der Waals surface area contributed by atoms with Crippen LogP contribution >= 0.6 is 35.0 Å². The Morgan fingerprint density at radius 1 is 1.33 bits per heavy atom. The van der Waals surface area contributed by atoms with Crippen LogP contribution in [0.4, 0.5) is 0 Å². The summed E-state index contributed by atoms with van der Waals surface area (Å²) in [7, 11) is 3.22. The van der Waals surface area contributed by atoms with Crippen LogP contribution in [-0.4, -0.2) is 43.6 Å². The van der Waals surface area contributed by atoms with Crippen LogP contribution in [0.3, 0.4) is 0 Å². The van der Waals surface area contributed by atoms with Crippen molar-refractivity contribution in [3.63, 3.8) is 0 Å². The van der Waals surface area contributed by atoms with Gasteiger partial charge in [0, 0.05) is 25.5 Å². The second-order valence-corrected chi connectivity index (χ2v) is 6.33. The van der Waals surface area contributed by atoms with Crippen molar-refractivity contribution in [3.05, 3.63) is 27.7 Å². The molecule has 1 N–H and O–H groups in total. The highest BCUT2D eigenvalue weighted by Crippen LogP contribution is 2.31. The lowest BCUT2D eigenvalue weighted by atomic mass is 10.1. The van der Waals surface area contributed by atoms with Gasteiger partial charge < -0.3 is 10.2 Å². The first-order valence-corrected chi connectivity index (χ1v) is 8.30. The Bertz CT molecular complexity index is 552. The Morgan fingerprint density at radius 2 is 1.95 bits per heavy atom. The minimum Gasteiger partial charge on any atom is -0.359 e. The van der Waals surface area contributed by atoms with Crippen molar-refractivity contribution in [2.75, 3.05) is 26.9 Å². The van der Waals surface area contributed by atoms with Crippen LogP contribution in [0.15, 0.2) is 17.0 Å². The molecule has 0 aliphatic heterocycles. The Balaban J connectivity index is 2.95. The van der Waals surface area contributed by atoms with Gasteiger partial charge in [0.25, 0.3) is 5.91 Å². The van der Waals surface area contributed by atoms with Gasteiger partial charge in [-0.15, -0.1) is 11.8 Å². The van der Waals surface area contributed by atoms with E-state index in [-0.39, 0.29) is 17.7 Å². The molecule has 0 aliphatic carbocycles. The molecule has 0 saturated heterocycles. The molecule has 0 heterocycles. The van der Waals surface area contributed by atoms with E-state index in [1.54, 1.807) is 33.2 Å². The number of halogens is 2. The van der Waals surface area contributed by atoms with E-state index >= 15 is 0 Å². The highest BCUT2D eigenvalue weighted by atomic mass is 35.5. The van der Waals surface area contributed by atoms with E-state index in [1.807, 2.05) is 6.26 Å². The Labute approximate surface area is 139 Å². The van der Waals surface area contributed by atoms with Crippen molar-refractivity contribution >= 4 is 46.8 Å². The van der Waals surface area contributed by atoms with Crippen molar-refractivity contribution in [1.29, 1.82) is 0 Å². The molecule has 2 amide bonds. The number of amides is 2. The predicted molar refractivity (Wildman–Crippen MR) is 88.4 cm³/mol. The second kappa shape index (κ2) is 7.92. The maximum absolute atomic E-state index is 12.4. The van der Waals surface area contributed by atoms with E-state index in [9.17, 15) is 9.59 Å². The highest BCUT2D eigenvalue weighted by molar-refractivity contribution is 7.98. The summed E-state index contributed by atoms with van der Waals surface area (Å²) in [6, 6.07) is 3.25. The highest BCUT2D eigenvalue weighted by Gasteiger charge is 2.21. The SMILES string of the molecule is CNC(=O)[C@@H](C)CN(C)C(=O)c1cc(SC)c(Cl)cc1Cl. The lowest BCUT2D eigenvalue weighted by Crippen LogP contribution is -2.37.